The maximum Gasteiger partial charge on any atom is 0.343 e. The van der Waals surface area contributed by atoms with Crippen molar-refractivity contribution in [1.82, 2.24) is 0 Å². The third kappa shape index (κ3) is 5.44. The highest BCUT2D eigenvalue weighted by atomic mass is 16.6. The minimum atomic E-state index is -0.776. The quantitative estimate of drug-likeness (QED) is 0.424. The van der Waals surface area contributed by atoms with Crippen LogP contribution in [0.4, 0.5) is 0 Å². The van der Waals surface area contributed by atoms with E-state index < -0.39 is 18.0 Å². The first-order chi connectivity index (χ1) is 14.8. The standard InChI is InChI=1S/C25H30O6/c1-15(6-4-8-16(2)12-21-23(27)17(3)25(29)31-21)7-5-9-18-13-20(26)22(24(18)28)19-10-11-30-14-19/h6,10-14,16,22,24,27-28H,4-5,7-9H2,1-3H3. The Morgan fingerprint density at radius 2 is 2.10 bits per heavy atom. The molecule has 0 saturated heterocycles. The summed E-state index contributed by atoms with van der Waals surface area (Å²) in [6.45, 7) is 5.65. The van der Waals surface area contributed by atoms with Crippen LogP contribution in [-0.2, 0) is 14.3 Å². The first-order valence-electron chi connectivity index (χ1n) is 10.7. The number of hydrogen-bond donors (Lipinski definition) is 2. The van der Waals surface area contributed by atoms with Crippen LogP contribution in [0.3, 0.4) is 0 Å². The Bertz CT molecular complexity index is 945. The number of carbonyl (C=O) groups is 2. The first kappa shape index (κ1) is 22.8. The van der Waals surface area contributed by atoms with Crippen molar-refractivity contribution in [3.8, 4) is 0 Å². The van der Waals surface area contributed by atoms with Gasteiger partial charge in [0.2, 0.25) is 0 Å². The monoisotopic (exact) mass is 426 g/mol. The van der Waals surface area contributed by atoms with Gasteiger partial charge < -0.3 is 19.4 Å². The summed E-state index contributed by atoms with van der Waals surface area (Å²) in [5.74, 6) is -0.763. The number of cyclic esters (lactones) is 1. The van der Waals surface area contributed by atoms with E-state index in [4.69, 9.17) is 9.15 Å². The molecule has 2 aliphatic rings. The van der Waals surface area contributed by atoms with Gasteiger partial charge in [-0.2, -0.15) is 0 Å². The molecule has 3 rings (SSSR count). The fourth-order valence-electron chi connectivity index (χ4n) is 3.97. The van der Waals surface area contributed by atoms with E-state index in [0.29, 0.717) is 6.42 Å². The summed E-state index contributed by atoms with van der Waals surface area (Å²) in [5, 5.41) is 20.4. The maximum atomic E-state index is 12.2. The number of esters is 1. The topological polar surface area (TPSA) is 97.0 Å². The van der Waals surface area contributed by atoms with Crippen molar-refractivity contribution >= 4 is 11.8 Å². The van der Waals surface area contributed by atoms with Crippen molar-refractivity contribution in [2.24, 2.45) is 5.92 Å². The third-order valence-electron chi connectivity index (χ3n) is 5.92. The van der Waals surface area contributed by atoms with E-state index in [9.17, 15) is 19.8 Å². The highest BCUT2D eigenvalue weighted by molar-refractivity contribution is 5.99. The lowest BCUT2D eigenvalue weighted by Crippen LogP contribution is -2.19. The second kappa shape index (κ2) is 9.96. The van der Waals surface area contributed by atoms with E-state index in [1.807, 2.05) is 6.92 Å². The van der Waals surface area contributed by atoms with Gasteiger partial charge in [-0.05, 0) is 75.7 Å². The molecule has 0 fully saturated rings. The second-order valence-electron chi connectivity index (χ2n) is 8.45. The van der Waals surface area contributed by atoms with Crippen molar-refractivity contribution in [2.75, 3.05) is 0 Å². The number of carbonyl (C=O) groups excluding carboxylic acids is 2. The Morgan fingerprint density at radius 1 is 1.32 bits per heavy atom. The van der Waals surface area contributed by atoms with Crippen LogP contribution in [0.25, 0.3) is 0 Å². The molecule has 2 heterocycles. The molecule has 0 spiro atoms. The summed E-state index contributed by atoms with van der Waals surface area (Å²) < 4.78 is 10.1. The average Bonchev–Trinajstić information content (AvgIpc) is 3.39. The zero-order chi connectivity index (χ0) is 22.5. The predicted octanol–water partition coefficient (Wildman–Crippen LogP) is 5.04. The number of furan rings is 1. The van der Waals surface area contributed by atoms with E-state index in [2.05, 4.69) is 13.0 Å². The molecule has 6 nitrogen and oxygen atoms in total. The lowest BCUT2D eigenvalue weighted by molar-refractivity contribution is -0.133. The fraction of sp³-hybridized carbons (Fsp3) is 0.440. The molecule has 166 valence electrons. The molecule has 1 aliphatic heterocycles. The highest BCUT2D eigenvalue weighted by Gasteiger charge is 2.36. The number of hydrogen-bond acceptors (Lipinski definition) is 6. The van der Waals surface area contributed by atoms with Crippen LogP contribution in [0.2, 0.25) is 0 Å². The SMILES string of the molecule is CC(=CCCC(C)C=C1OC(=O)C(C)=C1O)CCCC1=CC(=O)C(c2ccoc2)C1O. The van der Waals surface area contributed by atoms with Gasteiger partial charge in [-0.15, -0.1) is 0 Å². The number of ketones is 1. The van der Waals surface area contributed by atoms with E-state index in [-0.39, 0.29) is 28.8 Å². The Kier molecular flexibility index (Phi) is 7.33. The van der Waals surface area contributed by atoms with E-state index >= 15 is 0 Å². The minimum absolute atomic E-state index is 0.0664. The van der Waals surface area contributed by atoms with Crippen LogP contribution in [0.1, 0.15) is 64.4 Å². The summed E-state index contributed by atoms with van der Waals surface area (Å²) in [4.78, 5) is 23.7. The van der Waals surface area contributed by atoms with Crippen molar-refractivity contribution in [3.05, 3.63) is 70.6 Å². The molecular formula is C25H30O6. The van der Waals surface area contributed by atoms with Crippen LogP contribution < -0.4 is 0 Å². The molecule has 0 bridgehead atoms. The molecule has 0 saturated carbocycles. The Labute approximate surface area is 182 Å². The predicted molar refractivity (Wildman–Crippen MR) is 116 cm³/mol. The van der Waals surface area contributed by atoms with E-state index in [1.54, 1.807) is 25.1 Å². The number of aliphatic hydroxyl groups is 2. The molecule has 0 radical (unpaired) electrons. The van der Waals surface area contributed by atoms with Gasteiger partial charge in [0, 0.05) is 5.56 Å². The molecule has 2 N–H and O–H groups in total. The normalized spacial score (nSPS) is 24.2. The lowest BCUT2D eigenvalue weighted by atomic mass is 9.93. The molecule has 1 aliphatic carbocycles. The van der Waals surface area contributed by atoms with Crippen LogP contribution in [0, 0.1) is 5.92 Å². The summed E-state index contributed by atoms with van der Waals surface area (Å²) in [5.41, 5.74) is 3.01. The maximum absolute atomic E-state index is 12.2. The Morgan fingerprint density at radius 3 is 2.74 bits per heavy atom. The summed E-state index contributed by atoms with van der Waals surface area (Å²) in [6, 6.07) is 1.72. The van der Waals surface area contributed by atoms with Gasteiger partial charge in [0.1, 0.15) is 0 Å². The smallest absolute Gasteiger partial charge is 0.343 e. The fourth-order valence-corrected chi connectivity index (χ4v) is 3.97. The largest absolute Gasteiger partial charge is 0.504 e. The van der Waals surface area contributed by atoms with Crippen LogP contribution in [0.5, 0.6) is 0 Å². The zero-order valence-corrected chi connectivity index (χ0v) is 18.3. The van der Waals surface area contributed by atoms with Gasteiger partial charge in [-0.25, -0.2) is 4.79 Å². The summed E-state index contributed by atoms with van der Waals surface area (Å²) in [6.07, 6.45) is 12.0. The van der Waals surface area contributed by atoms with Gasteiger partial charge in [0.15, 0.2) is 17.3 Å². The van der Waals surface area contributed by atoms with Gasteiger partial charge in [0.05, 0.1) is 30.1 Å². The lowest BCUT2D eigenvalue weighted by Gasteiger charge is -2.15. The Balaban J connectivity index is 1.41. The van der Waals surface area contributed by atoms with Crippen molar-refractivity contribution in [1.29, 1.82) is 0 Å². The van der Waals surface area contributed by atoms with Gasteiger partial charge in [-0.1, -0.05) is 18.6 Å². The first-order valence-corrected chi connectivity index (χ1v) is 10.7. The van der Waals surface area contributed by atoms with Crippen LogP contribution in [-0.4, -0.2) is 28.1 Å². The molecular weight excluding hydrogens is 396 g/mol. The Hall–Kier alpha value is -2.86. The van der Waals surface area contributed by atoms with Crippen LogP contribution in [0.15, 0.2) is 69.5 Å². The third-order valence-corrected chi connectivity index (χ3v) is 5.92. The number of ether oxygens (including phenoxy) is 1. The average molecular weight is 427 g/mol. The van der Waals surface area contributed by atoms with Gasteiger partial charge in [-0.3, -0.25) is 4.79 Å². The molecule has 6 heteroatoms. The van der Waals surface area contributed by atoms with Gasteiger partial charge >= 0.3 is 5.97 Å². The van der Waals surface area contributed by atoms with E-state index in [0.717, 1.165) is 36.8 Å². The number of aliphatic hydroxyl groups excluding tert-OH is 2. The second-order valence-corrected chi connectivity index (χ2v) is 8.45. The van der Waals surface area contributed by atoms with Crippen molar-refractivity contribution < 1.29 is 29.0 Å². The minimum Gasteiger partial charge on any atom is -0.504 e. The number of allylic oxidation sites excluding steroid dienone is 4. The molecule has 0 amide bonds. The van der Waals surface area contributed by atoms with Crippen LogP contribution >= 0.6 is 0 Å². The molecule has 0 aromatic carbocycles. The molecule has 3 atom stereocenters. The zero-order valence-electron chi connectivity index (χ0n) is 18.3. The molecule has 1 aromatic rings. The number of rotatable bonds is 9. The van der Waals surface area contributed by atoms with E-state index in [1.165, 1.54) is 18.1 Å². The summed E-state index contributed by atoms with van der Waals surface area (Å²) in [7, 11) is 0. The highest BCUT2D eigenvalue weighted by Crippen LogP contribution is 2.34. The molecule has 3 unspecified atom stereocenters. The summed E-state index contributed by atoms with van der Waals surface area (Å²) >= 11 is 0. The molecule has 31 heavy (non-hydrogen) atoms. The molecule has 1 aromatic heterocycles. The van der Waals surface area contributed by atoms with Gasteiger partial charge in [0.25, 0.3) is 0 Å². The van der Waals surface area contributed by atoms with Crippen molar-refractivity contribution in [3.63, 3.8) is 0 Å². The van der Waals surface area contributed by atoms with Crippen molar-refractivity contribution in [2.45, 2.75) is 64.9 Å².